The molecule has 0 saturated carbocycles. The first kappa shape index (κ1) is 24.4. The zero-order valence-corrected chi connectivity index (χ0v) is 15.4. The van der Waals surface area contributed by atoms with Gasteiger partial charge in [-0.3, -0.25) is 4.79 Å². The third-order valence-corrected chi connectivity index (χ3v) is 2.01. The summed E-state index contributed by atoms with van der Waals surface area (Å²) in [7, 11) is 0. The van der Waals surface area contributed by atoms with Gasteiger partial charge in [-0.15, -0.1) is 0 Å². The number of carbonyl (C=O) groups is 3. The van der Waals surface area contributed by atoms with Gasteiger partial charge in [0.05, 0.1) is 19.0 Å². The van der Waals surface area contributed by atoms with E-state index in [0.29, 0.717) is 6.42 Å². The Morgan fingerprint density at radius 1 is 1.16 bits per heavy atom. The van der Waals surface area contributed by atoms with E-state index in [4.69, 9.17) is 0 Å². The number of unbranched alkanes of at least 4 members (excludes halogenated alkanes) is 1. The molecule has 0 fully saturated rings. The van der Waals surface area contributed by atoms with Gasteiger partial charge in [0.1, 0.15) is 5.60 Å². The summed E-state index contributed by atoms with van der Waals surface area (Å²) in [6, 6.07) is 0. The van der Waals surface area contributed by atoms with Crippen LogP contribution >= 0.6 is 0 Å². The van der Waals surface area contributed by atoms with E-state index in [1.54, 1.807) is 0 Å². The average Bonchev–Trinajstić information content (AvgIpc) is 2.16. The second kappa shape index (κ2) is 12.1. The van der Waals surface area contributed by atoms with Crippen LogP contribution in [-0.2, 0) is 19.1 Å². The van der Waals surface area contributed by atoms with Gasteiger partial charge >= 0.3 is 65.1 Å². The van der Waals surface area contributed by atoms with Crippen LogP contribution in [0.2, 0.25) is 0 Å². The van der Waals surface area contributed by atoms with E-state index in [-0.39, 0.29) is 65.7 Å². The largest absolute Gasteiger partial charge is 1.00 e. The van der Waals surface area contributed by atoms with E-state index in [2.05, 4.69) is 4.74 Å². The maximum atomic E-state index is 11.1. The number of carboxylic acids is 2. The Morgan fingerprint density at radius 3 is 2.05 bits per heavy atom. The van der Waals surface area contributed by atoms with E-state index in [1.165, 1.54) is 0 Å². The van der Waals surface area contributed by atoms with Crippen molar-refractivity contribution in [2.75, 3.05) is 6.61 Å². The van der Waals surface area contributed by atoms with Crippen molar-refractivity contribution < 1.29 is 93.6 Å². The minimum atomic E-state index is -2.79. The van der Waals surface area contributed by atoms with Crippen molar-refractivity contribution in [1.82, 2.24) is 0 Å². The summed E-state index contributed by atoms with van der Waals surface area (Å²) in [5.41, 5.74) is -2.79. The topological polar surface area (TPSA) is 127 Å². The van der Waals surface area contributed by atoms with Crippen LogP contribution in [0.25, 0.3) is 0 Å². The van der Waals surface area contributed by atoms with E-state index in [0.717, 1.165) is 6.42 Å². The number of hydrogen-bond donors (Lipinski definition) is 1. The van der Waals surface area contributed by atoms with Crippen molar-refractivity contribution in [2.24, 2.45) is 0 Å². The number of aliphatic hydroxyl groups is 1. The fourth-order valence-corrected chi connectivity index (χ4v) is 1.07. The van der Waals surface area contributed by atoms with Crippen LogP contribution in [0.1, 0.15) is 32.6 Å². The number of carboxylic acid groups (broad SMARTS) is 2. The van der Waals surface area contributed by atoms with Gasteiger partial charge in [-0.2, -0.15) is 0 Å². The van der Waals surface area contributed by atoms with Crippen LogP contribution in [-0.4, -0.2) is 35.2 Å². The van der Waals surface area contributed by atoms with Crippen molar-refractivity contribution >= 4 is 17.9 Å². The van der Waals surface area contributed by atoms with E-state index < -0.39 is 36.4 Å². The molecule has 1 N–H and O–H groups in total. The number of carbonyl (C=O) groups excluding carboxylic acids is 3. The van der Waals surface area contributed by atoms with Crippen LogP contribution < -0.4 is 69.3 Å². The zero-order valence-electron chi connectivity index (χ0n) is 11.4. The average molecular weight is 292 g/mol. The van der Waals surface area contributed by atoms with Crippen LogP contribution in [0.4, 0.5) is 0 Å². The minimum Gasteiger partial charge on any atom is -0.550 e. The molecule has 0 heterocycles. The zero-order chi connectivity index (χ0) is 13.5. The van der Waals surface area contributed by atoms with Gasteiger partial charge in [-0.25, -0.2) is 0 Å². The summed E-state index contributed by atoms with van der Waals surface area (Å²) >= 11 is 0. The molecule has 0 aromatic heterocycles. The molecule has 1 unspecified atom stereocenters. The van der Waals surface area contributed by atoms with Gasteiger partial charge < -0.3 is 29.6 Å². The summed E-state index contributed by atoms with van der Waals surface area (Å²) in [4.78, 5) is 31.9. The molecule has 98 valence electrons. The molecule has 7 nitrogen and oxygen atoms in total. The van der Waals surface area contributed by atoms with Gasteiger partial charge in [-0.1, -0.05) is 13.3 Å². The van der Waals surface area contributed by atoms with E-state index in [1.807, 2.05) is 6.92 Å². The van der Waals surface area contributed by atoms with Crippen molar-refractivity contribution in [2.45, 2.75) is 38.2 Å². The summed E-state index contributed by atoms with van der Waals surface area (Å²) in [6.45, 7) is 1.95. The molecule has 0 aromatic carbocycles. The normalized spacial score (nSPS) is 12.3. The number of ether oxygens (including phenoxy) is 1. The van der Waals surface area contributed by atoms with Crippen LogP contribution in [0.5, 0.6) is 0 Å². The van der Waals surface area contributed by atoms with Crippen LogP contribution in [0.3, 0.4) is 0 Å². The molecule has 0 bridgehead atoms. The predicted molar refractivity (Wildman–Crippen MR) is 50.1 cm³/mol. The number of rotatable bonds is 8. The van der Waals surface area contributed by atoms with Crippen molar-refractivity contribution in [1.29, 1.82) is 0 Å². The molecular formula is C10H14Na2O7. The Balaban J connectivity index is -0.00000128. The van der Waals surface area contributed by atoms with Gasteiger partial charge in [-0.05, 0) is 6.42 Å². The molecule has 0 rings (SSSR count). The summed E-state index contributed by atoms with van der Waals surface area (Å²) in [6.07, 6.45) is -0.835. The molecule has 0 saturated heterocycles. The molecule has 0 radical (unpaired) electrons. The Bertz CT molecular complexity index is 308. The van der Waals surface area contributed by atoms with E-state index in [9.17, 15) is 29.7 Å². The maximum Gasteiger partial charge on any atom is 1.00 e. The van der Waals surface area contributed by atoms with Gasteiger partial charge in [0.25, 0.3) is 0 Å². The van der Waals surface area contributed by atoms with Crippen molar-refractivity contribution in [3.63, 3.8) is 0 Å². The Kier molecular flexibility index (Phi) is 15.6. The predicted octanol–water partition coefficient (Wildman–Crippen LogP) is -8.65. The van der Waals surface area contributed by atoms with Gasteiger partial charge in [0, 0.05) is 12.4 Å². The summed E-state index contributed by atoms with van der Waals surface area (Å²) in [5, 5.41) is 30.2. The molecule has 0 aromatic rings. The number of hydrogen-bond acceptors (Lipinski definition) is 7. The molecule has 9 heteroatoms. The summed E-state index contributed by atoms with van der Waals surface area (Å²) in [5.74, 6) is -4.83. The second-order valence-corrected chi connectivity index (χ2v) is 3.62. The summed E-state index contributed by atoms with van der Waals surface area (Å²) < 4.78 is 4.61. The molecule has 1 atom stereocenters. The van der Waals surface area contributed by atoms with Crippen molar-refractivity contribution in [3.8, 4) is 0 Å². The monoisotopic (exact) mass is 292 g/mol. The fraction of sp³-hybridized carbons (Fsp3) is 0.700. The molecule has 0 aliphatic heterocycles. The molecule has 0 spiro atoms. The van der Waals surface area contributed by atoms with Crippen molar-refractivity contribution in [3.05, 3.63) is 0 Å². The fourth-order valence-electron chi connectivity index (χ4n) is 1.07. The number of esters is 1. The third-order valence-electron chi connectivity index (χ3n) is 2.01. The minimum absolute atomic E-state index is 0. The van der Waals surface area contributed by atoms with Crippen LogP contribution in [0, 0.1) is 0 Å². The Morgan fingerprint density at radius 2 is 1.68 bits per heavy atom. The maximum absolute atomic E-state index is 11.1. The first-order valence-electron chi connectivity index (χ1n) is 5.11. The Labute approximate surface area is 155 Å². The third kappa shape index (κ3) is 10.8. The first-order chi connectivity index (χ1) is 7.81. The van der Waals surface area contributed by atoms with Crippen LogP contribution in [0.15, 0.2) is 0 Å². The second-order valence-electron chi connectivity index (χ2n) is 3.62. The van der Waals surface area contributed by atoms with Gasteiger partial charge in [0.2, 0.25) is 0 Å². The molecule has 19 heavy (non-hydrogen) atoms. The molecule has 0 aliphatic carbocycles. The SMILES string of the molecule is CCCCOC(=O)CC(O)(CC(=O)[O-])C(=O)[O-].[Na+].[Na+]. The molecule has 0 aliphatic rings. The van der Waals surface area contributed by atoms with E-state index >= 15 is 0 Å². The number of aliphatic carboxylic acids is 2. The molecule has 0 amide bonds. The smallest absolute Gasteiger partial charge is 0.550 e. The first-order valence-corrected chi connectivity index (χ1v) is 5.11. The Hall–Kier alpha value is 0.370. The molecular weight excluding hydrogens is 278 g/mol. The standard InChI is InChI=1S/C10H16O7.2Na/c1-2-3-4-17-8(13)6-10(16,9(14)15)5-7(11)12;;/h16H,2-6H2,1H3,(H,11,12)(H,14,15);;/q;2*+1/p-2. The van der Waals surface area contributed by atoms with Gasteiger partial charge in [0.15, 0.2) is 0 Å². The quantitative estimate of drug-likeness (QED) is 0.267.